The maximum atomic E-state index is 6.95. The van der Waals surface area contributed by atoms with Gasteiger partial charge in [0.05, 0.1) is 6.10 Å². The van der Waals surface area contributed by atoms with Gasteiger partial charge in [0, 0.05) is 6.10 Å². The highest BCUT2D eigenvalue weighted by molar-refractivity contribution is 6.72. The van der Waals surface area contributed by atoms with E-state index in [1.165, 1.54) is 57.8 Å². The first-order valence-electron chi connectivity index (χ1n) is 14.0. The summed E-state index contributed by atoms with van der Waals surface area (Å²) in [5.74, 6) is 3.58. The van der Waals surface area contributed by atoms with Crippen LogP contribution >= 0.6 is 0 Å². The smallest absolute Gasteiger partial charge is 0.190 e. The standard InChI is InChI=1S/C29H52O2Si2/c1-9-19-32(5,6)30-23-15-17-28(3)22(21-23)11-12-24-25-13-14-27(31-33(7,8)20-10-2)29(25,4)18-16-26(24)28/h9-10,22-27H,1-2,11-21H2,3-8H3/t22-,23+,24?,25?,26?,27-,28-,29-/m0/s1. The van der Waals surface area contributed by atoms with E-state index in [9.17, 15) is 0 Å². The first-order chi connectivity index (χ1) is 15.4. The average Bonchev–Trinajstić information content (AvgIpc) is 3.03. The van der Waals surface area contributed by atoms with Crippen molar-refractivity contribution in [3.63, 3.8) is 0 Å². The topological polar surface area (TPSA) is 18.5 Å². The van der Waals surface area contributed by atoms with Crippen molar-refractivity contribution < 1.29 is 8.85 Å². The molecule has 2 nitrogen and oxygen atoms in total. The molecule has 4 rings (SSSR count). The van der Waals surface area contributed by atoms with Crippen LogP contribution in [0.3, 0.4) is 0 Å². The van der Waals surface area contributed by atoms with Gasteiger partial charge in [-0.2, -0.15) is 0 Å². The van der Waals surface area contributed by atoms with Crippen LogP contribution in [0.25, 0.3) is 0 Å². The second kappa shape index (κ2) is 9.37. The Balaban J connectivity index is 1.45. The summed E-state index contributed by atoms with van der Waals surface area (Å²) in [5.41, 5.74) is 0.931. The summed E-state index contributed by atoms with van der Waals surface area (Å²) in [6, 6.07) is 2.15. The van der Waals surface area contributed by atoms with Crippen LogP contribution in [0.1, 0.15) is 71.6 Å². The van der Waals surface area contributed by atoms with Gasteiger partial charge in [-0.15, -0.1) is 13.2 Å². The molecule has 4 aliphatic carbocycles. The Hall–Kier alpha value is -0.166. The van der Waals surface area contributed by atoms with Crippen molar-refractivity contribution >= 4 is 16.6 Å². The summed E-state index contributed by atoms with van der Waals surface area (Å²) in [7, 11) is -3.25. The number of rotatable bonds is 8. The summed E-state index contributed by atoms with van der Waals surface area (Å²) in [5, 5.41) is 0. The third kappa shape index (κ3) is 4.93. The molecule has 3 unspecified atom stereocenters. The largest absolute Gasteiger partial charge is 0.414 e. The van der Waals surface area contributed by atoms with E-state index in [4.69, 9.17) is 8.85 Å². The molecule has 0 saturated heterocycles. The average molecular weight is 489 g/mol. The van der Waals surface area contributed by atoms with Gasteiger partial charge >= 0.3 is 0 Å². The van der Waals surface area contributed by atoms with Gasteiger partial charge in [-0.25, -0.2) is 0 Å². The minimum absolute atomic E-state index is 0.399. The third-order valence-electron chi connectivity index (χ3n) is 10.7. The van der Waals surface area contributed by atoms with E-state index in [-0.39, 0.29) is 0 Å². The highest BCUT2D eigenvalue weighted by atomic mass is 28.4. The van der Waals surface area contributed by atoms with Crippen molar-refractivity contribution in [2.75, 3.05) is 0 Å². The molecular weight excluding hydrogens is 436 g/mol. The number of hydrogen-bond donors (Lipinski definition) is 0. The van der Waals surface area contributed by atoms with E-state index in [0.29, 0.717) is 23.0 Å². The molecule has 0 bridgehead atoms. The van der Waals surface area contributed by atoms with Gasteiger partial charge in [-0.05, 0) is 131 Å². The zero-order valence-corrected chi connectivity index (χ0v) is 24.6. The fraction of sp³-hybridized carbons (Fsp3) is 0.862. The SMILES string of the molecule is C=CC[Si](C)(C)O[C@@H]1CC[C@]2(C)C3CC[C@@]4(C)C(CC[C@@H]4O[Si](C)(C)CC=C)C3CC[C@H]2C1. The lowest BCUT2D eigenvalue weighted by molar-refractivity contribution is -0.130. The highest BCUT2D eigenvalue weighted by Crippen LogP contribution is 2.67. The summed E-state index contributed by atoms with van der Waals surface area (Å²) >= 11 is 0. The lowest BCUT2D eigenvalue weighted by Crippen LogP contribution is -2.55. The lowest BCUT2D eigenvalue weighted by atomic mass is 9.45. The van der Waals surface area contributed by atoms with Crippen LogP contribution in [-0.4, -0.2) is 28.8 Å². The first kappa shape index (κ1) is 25.9. The predicted octanol–water partition coefficient (Wildman–Crippen LogP) is 8.58. The summed E-state index contributed by atoms with van der Waals surface area (Å²) in [6.45, 7) is 22.8. The van der Waals surface area contributed by atoms with Gasteiger partial charge in [0.1, 0.15) is 0 Å². The minimum atomic E-state index is -1.65. The molecule has 0 amide bonds. The van der Waals surface area contributed by atoms with Crippen LogP contribution in [-0.2, 0) is 8.85 Å². The van der Waals surface area contributed by atoms with Gasteiger partial charge < -0.3 is 8.85 Å². The molecule has 0 aromatic carbocycles. The van der Waals surface area contributed by atoms with E-state index in [0.717, 1.165) is 35.8 Å². The molecule has 188 valence electrons. The van der Waals surface area contributed by atoms with Crippen molar-refractivity contribution in [1.29, 1.82) is 0 Å². The molecule has 4 heteroatoms. The van der Waals surface area contributed by atoms with Crippen molar-refractivity contribution in [2.24, 2.45) is 34.5 Å². The molecule has 0 N–H and O–H groups in total. The van der Waals surface area contributed by atoms with Crippen LogP contribution in [0.5, 0.6) is 0 Å². The summed E-state index contributed by atoms with van der Waals surface area (Å²) in [4.78, 5) is 0. The predicted molar refractivity (Wildman–Crippen MR) is 146 cm³/mol. The lowest BCUT2D eigenvalue weighted by Gasteiger charge is -2.61. The minimum Gasteiger partial charge on any atom is -0.414 e. The second-order valence-corrected chi connectivity index (χ2v) is 22.2. The molecule has 4 saturated carbocycles. The molecule has 4 aliphatic rings. The maximum absolute atomic E-state index is 6.95. The monoisotopic (exact) mass is 488 g/mol. The van der Waals surface area contributed by atoms with E-state index in [2.05, 4.69) is 65.3 Å². The molecule has 0 spiro atoms. The Morgan fingerprint density at radius 3 is 2.03 bits per heavy atom. The van der Waals surface area contributed by atoms with Crippen molar-refractivity contribution in [3.8, 4) is 0 Å². The van der Waals surface area contributed by atoms with E-state index < -0.39 is 16.6 Å². The van der Waals surface area contributed by atoms with Crippen LogP contribution < -0.4 is 0 Å². The molecular formula is C29H52O2Si2. The Bertz CT molecular complexity index is 733. The molecule has 0 aromatic rings. The normalized spacial score (nSPS) is 43.3. The Morgan fingerprint density at radius 1 is 0.758 bits per heavy atom. The molecule has 33 heavy (non-hydrogen) atoms. The van der Waals surface area contributed by atoms with Crippen molar-refractivity contribution in [1.82, 2.24) is 0 Å². The van der Waals surface area contributed by atoms with Gasteiger partial charge in [0.25, 0.3) is 0 Å². The van der Waals surface area contributed by atoms with Crippen LogP contribution in [0.4, 0.5) is 0 Å². The molecule has 0 aromatic heterocycles. The van der Waals surface area contributed by atoms with Gasteiger partial charge in [-0.3, -0.25) is 0 Å². The molecule has 0 radical (unpaired) electrons. The van der Waals surface area contributed by atoms with Gasteiger partial charge in [0.2, 0.25) is 0 Å². The highest BCUT2D eigenvalue weighted by Gasteiger charge is 2.61. The molecule has 0 aliphatic heterocycles. The molecule has 0 heterocycles. The number of allylic oxidation sites excluding steroid dienone is 2. The Morgan fingerprint density at radius 2 is 1.36 bits per heavy atom. The Kier molecular flexibility index (Phi) is 7.36. The van der Waals surface area contributed by atoms with Gasteiger partial charge in [0.15, 0.2) is 16.6 Å². The summed E-state index contributed by atoms with van der Waals surface area (Å²) < 4.78 is 13.7. The quantitative estimate of drug-likeness (QED) is 0.251. The van der Waals surface area contributed by atoms with E-state index >= 15 is 0 Å². The zero-order chi connectivity index (χ0) is 24.1. The number of hydrogen-bond acceptors (Lipinski definition) is 2. The number of fused-ring (bicyclic) bond motifs is 5. The van der Waals surface area contributed by atoms with E-state index in [1.54, 1.807) is 0 Å². The van der Waals surface area contributed by atoms with Crippen molar-refractivity contribution in [2.45, 2.75) is 122 Å². The zero-order valence-electron chi connectivity index (χ0n) is 22.6. The van der Waals surface area contributed by atoms with Gasteiger partial charge in [-0.1, -0.05) is 26.0 Å². The van der Waals surface area contributed by atoms with Crippen LogP contribution in [0, 0.1) is 34.5 Å². The Labute approximate surface area is 207 Å². The van der Waals surface area contributed by atoms with E-state index in [1.807, 2.05) is 0 Å². The molecule has 4 fully saturated rings. The van der Waals surface area contributed by atoms with Crippen molar-refractivity contribution in [3.05, 3.63) is 25.3 Å². The fourth-order valence-corrected chi connectivity index (χ4v) is 13.0. The summed E-state index contributed by atoms with van der Waals surface area (Å²) in [6.07, 6.45) is 17.5. The maximum Gasteiger partial charge on any atom is 0.190 e. The van der Waals surface area contributed by atoms with Crippen LogP contribution in [0.15, 0.2) is 25.3 Å². The van der Waals surface area contributed by atoms with Crippen LogP contribution in [0.2, 0.25) is 38.3 Å². The second-order valence-electron chi connectivity index (χ2n) is 13.9. The molecule has 8 atom stereocenters. The third-order valence-corrected chi connectivity index (χ3v) is 15.2. The first-order valence-corrected chi connectivity index (χ1v) is 20.2. The fourth-order valence-electron chi connectivity index (χ4n) is 9.10.